The second-order valence-corrected chi connectivity index (χ2v) is 10.8. The van der Waals surface area contributed by atoms with E-state index in [4.69, 9.17) is 23.2 Å². The number of amides is 2. The number of anilines is 1. The fourth-order valence-electron chi connectivity index (χ4n) is 5.88. The van der Waals surface area contributed by atoms with E-state index in [2.05, 4.69) is 15.6 Å². The molecule has 3 aliphatic rings. The van der Waals surface area contributed by atoms with E-state index in [9.17, 15) is 9.59 Å². The molecule has 2 aromatic rings. The van der Waals surface area contributed by atoms with Gasteiger partial charge < -0.3 is 15.5 Å². The van der Waals surface area contributed by atoms with Gasteiger partial charge in [-0.2, -0.15) is 0 Å². The summed E-state index contributed by atoms with van der Waals surface area (Å²) in [6.45, 7) is 4.23. The first-order valence-corrected chi connectivity index (χ1v) is 12.9. The standard InChI is InChI=1S/C26H30Cl2N4O2.2ClH/c1-16-21(12-19(28)14-30-16)24(33)31-20-5-2-17(3-6-20)15-32-23-7-4-18(27)13-22(23)26(25(32)34)8-10-29-11-9-26;;/h4,7,12-14,17,20,29H,2-3,5-6,8-11,15H2,1H3,(H,31,33);2*1H. The van der Waals surface area contributed by atoms with Gasteiger partial charge in [0.25, 0.3) is 5.91 Å². The molecule has 0 radical (unpaired) electrons. The Morgan fingerprint density at radius 2 is 1.81 bits per heavy atom. The van der Waals surface area contributed by atoms with Crippen molar-refractivity contribution in [2.45, 2.75) is 56.9 Å². The van der Waals surface area contributed by atoms with Gasteiger partial charge in [-0.3, -0.25) is 14.6 Å². The first-order valence-electron chi connectivity index (χ1n) is 12.1. The highest BCUT2D eigenvalue weighted by Gasteiger charge is 2.51. The lowest BCUT2D eigenvalue weighted by atomic mass is 9.74. The second-order valence-electron chi connectivity index (χ2n) is 9.89. The summed E-state index contributed by atoms with van der Waals surface area (Å²) in [6, 6.07) is 7.70. The minimum absolute atomic E-state index is 0. The number of carbonyl (C=O) groups is 2. The third kappa shape index (κ3) is 5.48. The fourth-order valence-corrected chi connectivity index (χ4v) is 6.21. The summed E-state index contributed by atoms with van der Waals surface area (Å²) in [4.78, 5) is 32.7. The molecule has 2 aliphatic heterocycles. The number of nitrogens with zero attached hydrogens (tertiary/aromatic N) is 2. The predicted octanol–water partition coefficient (Wildman–Crippen LogP) is 5.50. The van der Waals surface area contributed by atoms with E-state index in [1.165, 1.54) is 0 Å². The number of benzene rings is 1. The van der Waals surface area contributed by atoms with E-state index in [1.54, 1.807) is 12.3 Å². The normalized spacial score (nSPS) is 22.4. The number of aromatic nitrogens is 1. The lowest BCUT2D eigenvalue weighted by Gasteiger charge is -2.35. The van der Waals surface area contributed by atoms with Gasteiger partial charge in [0.05, 0.1) is 21.7 Å². The van der Waals surface area contributed by atoms with Crippen molar-refractivity contribution in [2.24, 2.45) is 5.92 Å². The van der Waals surface area contributed by atoms with E-state index in [-0.39, 0.29) is 42.7 Å². The van der Waals surface area contributed by atoms with Crippen molar-refractivity contribution in [3.63, 3.8) is 0 Å². The summed E-state index contributed by atoms with van der Waals surface area (Å²) < 4.78 is 0. The van der Waals surface area contributed by atoms with Crippen LogP contribution in [0.1, 0.15) is 60.1 Å². The second kappa shape index (κ2) is 11.9. The maximum atomic E-state index is 13.7. The van der Waals surface area contributed by atoms with Crippen LogP contribution in [-0.4, -0.2) is 42.5 Å². The molecule has 2 fully saturated rings. The van der Waals surface area contributed by atoms with Gasteiger partial charge in [-0.15, -0.1) is 24.8 Å². The topological polar surface area (TPSA) is 74.3 Å². The van der Waals surface area contributed by atoms with E-state index in [0.717, 1.165) is 69.4 Å². The molecule has 0 unspecified atom stereocenters. The molecule has 0 atom stereocenters. The quantitative estimate of drug-likeness (QED) is 0.506. The molecule has 1 spiro atoms. The lowest BCUT2D eigenvalue weighted by molar-refractivity contribution is -0.124. The SMILES string of the molecule is Cc1ncc(Cl)cc1C(=O)NC1CCC(CN2C(=O)C3(CCNCC3)c3cc(Cl)ccc32)CC1.Cl.Cl. The van der Waals surface area contributed by atoms with Crippen molar-refractivity contribution < 1.29 is 9.59 Å². The van der Waals surface area contributed by atoms with E-state index in [1.807, 2.05) is 30.0 Å². The number of aryl methyl sites for hydroxylation is 1. The highest BCUT2D eigenvalue weighted by molar-refractivity contribution is 6.31. The van der Waals surface area contributed by atoms with Crippen molar-refractivity contribution >= 4 is 65.5 Å². The first-order chi connectivity index (χ1) is 16.4. The molecule has 1 aliphatic carbocycles. The zero-order chi connectivity index (χ0) is 23.9. The number of piperidine rings is 1. The minimum Gasteiger partial charge on any atom is -0.349 e. The number of halogens is 4. The molecule has 6 nitrogen and oxygen atoms in total. The molecule has 1 aromatic heterocycles. The zero-order valence-corrected chi connectivity index (χ0v) is 23.3. The number of carbonyl (C=O) groups excluding carboxylic acids is 2. The number of pyridine rings is 1. The maximum absolute atomic E-state index is 13.7. The molecule has 2 amide bonds. The number of nitrogens with one attached hydrogen (secondary N) is 2. The summed E-state index contributed by atoms with van der Waals surface area (Å²) in [5, 5.41) is 7.69. The third-order valence-corrected chi connectivity index (χ3v) is 8.24. The molecule has 3 heterocycles. The number of hydrogen-bond donors (Lipinski definition) is 2. The minimum atomic E-state index is -0.445. The fraction of sp³-hybridized carbons (Fsp3) is 0.500. The Morgan fingerprint density at radius 1 is 1.11 bits per heavy atom. The van der Waals surface area contributed by atoms with E-state index < -0.39 is 5.41 Å². The molecular formula is C26H32Cl4N4O2. The summed E-state index contributed by atoms with van der Waals surface area (Å²) >= 11 is 12.4. The number of hydrogen-bond acceptors (Lipinski definition) is 4. The largest absolute Gasteiger partial charge is 0.349 e. The summed E-state index contributed by atoms with van der Waals surface area (Å²) in [5.74, 6) is 0.516. The Bertz CT molecular complexity index is 1120. The van der Waals surface area contributed by atoms with Gasteiger partial charge in [-0.25, -0.2) is 0 Å². The van der Waals surface area contributed by atoms with Crippen LogP contribution in [0.3, 0.4) is 0 Å². The molecule has 5 rings (SSSR count). The van der Waals surface area contributed by atoms with Crippen molar-refractivity contribution in [1.29, 1.82) is 0 Å². The Hall–Kier alpha value is -1.57. The van der Waals surface area contributed by atoms with Crippen LogP contribution >= 0.6 is 48.0 Å². The molecule has 2 N–H and O–H groups in total. The van der Waals surface area contributed by atoms with Gasteiger partial charge in [0.15, 0.2) is 0 Å². The maximum Gasteiger partial charge on any atom is 0.253 e. The van der Waals surface area contributed by atoms with Gasteiger partial charge in [-0.1, -0.05) is 23.2 Å². The van der Waals surface area contributed by atoms with Gasteiger partial charge in [-0.05, 0) is 94.3 Å². The van der Waals surface area contributed by atoms with E-state index >= 15 is 0 Å². The molecule has 196 valence electrons. The predicted molar refractivity (Wildman–Crippen MR) is 149 cm³/mol. The van der Waals surface area contributed by atoms with Crippen molar-refractivity contribution in [1.82, 2.24) is 15.6 Å². The molecular weight excluding hydrogens is 542 g/mol. The highest BCUT2D eigenvalue weighted by Crippen LogP contribution is 2.48. The van der Waals surface area contributed by atoms with Crippen LogP contribution in [-0.2, 0) is 10.2 Å². The smallest absolute Gasteiger partial charge is 0.253 e. The summed E-state index contributed by atoms with van der Waals surface area (Å²) in [5.41, 5.74) is 2.88. The summed E-state index contributed by atoms with van der Waals surface area (Å²) in [7, 11) is 0. The van der Waals surface area contributed by atoms with Crippen LogP contribution in [0.5, 0.6) is 0 Å². The Balaban J connectivity index is 0.00000180. The monoisotopic (exact) mass is 572 g/mol. The van der Waals surface area contributed by atoms with Crippen LogP contribution in [0.2, 0.25) is 10.0 Å². The highest BCUT2D eigenvalue weighted by atomic mass is 35.5. The Labute approximate surface area is 234 Å². The van der Waals surface area contributed by atoms with E-state index in [0.29, 0.717) is 27.2 Å². The number of rotatable bonds is 4. The Kier molecular flexibility index (Phi) is 9.56. The van der Waals surface area contributed by atoms with Gasteiger partial charge in [0, 0.05) is 29.5 Å². The van der Waals surface area contributed by atoms with Crippen molar-refractivity contribution in [3.05, 3.63) is 57.3 Å². The number of fused-ring (bicyclic) bond motifs is 2. The average molecular weight is 574 g/mol. The molecule has 36 heavy (non-hydrogen) atoms. The molecule has 1 saturated heterocycles. The first kappa shape index (κ1) is 29.0. The van der Waals surface area contributed by atoms with Crippen LogP contribution in [0.4, 0.5) is 5.69 Å². The van der Waals surface area contributed by atoms with Crippen LogP contribution < -0.4 is 15.5 Å². The summed E-state index contributed by atoms with van der Waals surface area (Å²) in [6.07, 6.45) is 6.91. The van der Waals surface area contributed by atoms with Gasteiger partial charge >= 0.3 is 0 Å². The van der Waals surface area contributed by atoms with Crippen LogP contribution in [0.15, 0.2) is 30.5 Å². The molecule has 1 saturated carbocycles. The van der Waals surface area contributed by atoms with Gasteiger partial charge in [0.2, 0.25) is 5.91 Å². The van der Waals surface area contributed by atoms with Crippen LogP contribution in [0, 0.1) is 12.8 Å². The molecule has 0 bridgehead atoms. The molecule has 1 aromatic carbocycles. The van der Waals surface area contributed by atoms with Crippen molar-refractivity contribution in [2.75, 3.05) is 24.5 Å². The Morgan fingerprint density at radius 3 is 2.50 bits per heavy atom. The lowest BCUT2D eigenvalue weighted by Crippen LogP contribution is -2.48. The zero-order valence-electron chi connectivity index (χ0n) is 20.2. The van der Waals surface area contributed by atoms with Crippen LogP contribution in [0.25, 0.3) is 0 Å². The average Bonchev–Trinajstić information content (AvgIpc) is 3.04. The molecule has 10 heteroatoms. The third-order valence-electron chi connectivity index (χ3n) is 7.80. The van der Waals surface area contributed by atoms with Gasteiger partial charge in [0.1, 0.15) is 0 Å². The van der Waals surface area contributed by atoms with Crippen molar-refractivity contribution in [3.8, 4) is 0 Å².